The van der Waals surface area contributed by atoms with Crippen LogP contribution >= 0.6 is 11.6 Å². The minimum atomic E-state index is -3.86. The topological polar surface area (TPSA) is 88.4 Å². The first-order chi connectivity index (χ1) is 13.3. The molecule has 1 aromatic heterocycles. The number of benzene rings is 2. The van der Waals surface area contributed by atoms with Crippen molar-refractivity contribution in [3.63, 3.8) is 0 Å². The fourth-order valence-electron chi connectivity index (χ4n) is 2.62. The molecule has 3 rings (SSSR count). The van der Waals surface area contributed by atoms with E-state index in [9.17, 15) is 13.2 Å². The predicted molar refractivity (Wildman–Crippen MR) is 108 cm³/mol. The molecule has 2 N–H and O–H groups in total. The molecule has 6 nitrogen and oxygen atoms in total. The highest BCUT2D eigenvalue weighted by atomic mass is 35.5. The van der Waals surface area contributed by atoms with Gasteiger partial charge in [0, 0.05) is 18.7 Å². The van der Waals surface area contributed by atoms with Crippen molar-refractivity contribution in [1.82, 2.24) is 5.32 Å². The molecule has 0 fully saturated rings. The van der Waals surface area contributed by atoms with E-state index in [4.69, 9.17) is 16.0 Å². The predicted octanol–water partition coefficient (Wildman–Crippen LogP) is 4.01. The molecule has 0 saturated heterocycles. The molecular weight excluding hydrogens is 400 g/mol. The minimum Gasteiger partial charge on any atom is -0.469 e. The zero-order chi connectivity index (χ0) is 20.1. The van der Waals surface area contributed by atoms with E-state index in [2.05, 4.69) is 10.0 Å². The first-order valence-electron chi connectivity index (χ1n) is 8.55. The van der Waals surface area contributed by atoms with Gasteiger partial charge in [0.05, 0.1) is 21.7 Å². The number of hydrogen-bond donors (Lipinski definition) is 2. The number of furan rings is 1. The summed E-state index contributed by atoms with van der Waals surface area (Å²) in [6, 6.07) is 14.6. The number of sulfonamides is 1. The third kappa shape index (κ3) is 4.94. The summed E-state index contributed by atoms with van der Waals surface area (Å²) < 4.78 is 33.1. The van der Waals surface area contributed by atoms with Crippen LogP contribution in [-0.4, -0.2) is 20.9 Å². The van der Waals surface area contributed by atoms with E-state index in [0.29, 0.717) is 18.7 Å². The first kappa shape index (κ1) is 20.0. The Balaban J connectivity index is 1.75. The summed E-state index contributed by atoms with van der Waals surface area (Å²) in [6.07, 6.45) is 2.08. The summed E-state index contributed by atoms with van der Waals surface area (Å²) in [5.74, 6) is 0.286. The van der Waals surface area contributed by atoms with Gasteiger partial charge in [-0.25, -0.2) is 8.42 Å². The van der Waals surface area contributed by atoms with Crippen molar-refractivity contribution in [3.05, 3.63) is 82.8 Å². The molecular formula is C20H19ClN2O4S. The third-order valence-corrected chi connectivity index (χ3v) is 5.71. The van der Waals surface area contributed by atoms with Crippen molar-refractivity contribution < 1.29 is 17.6 Å². The minimum absolute atomic E-state index is 0.0467. The number of anilines is 1. The number of halogens is 1. The number of carbonyl (C=O) groups is 1. The summed E-state index contributed by atoms with van der Waals surface area (Å²) in [6.45, 7) is 2.20. The molecule has 0 saturated carbocycles. The van der Waals surface area contributed by atoms with Gasteiger partial charge in [-0.2, -0.15) is 0 Å². The lowest BCUT2D eigenvalue weighted by Gasteiger charge is -2.11. The number of carbonyl (C=O) groups excluding carboxylic acids is 1. The molecule has 0 radical (unpaired) electrons. The van der Waals surface area contributed by atoms with Crippen molar-refractivity contribution in [2.45, 2.75) is 18.2 Å². The number of rotatable bonds is 7. The molecule has 0 spiro atoms. The molecule has 0 aliphatic heterocycles. The molecule has 3 aromatic rings. The van der Waals surface area contributed by atoms with Gasteiger partial charge in [-0.3, -0.25) is 9.52 Å². The number of nitrogens with one attached hydrogen (secondary N) is 2. The first-order valence-corrected chi connectivity index (χ1v) is 10.4. The average Bonchev–Trinajstić information content (AvgIpc) is 3.15. The number of aryl methyl sites for hydroxylation is 1. The van der Waals surface area contributed by atoms with E-state index in [-0.39, 0.29) is 15.5 Å². The fraction of sp³-hybridized carbons (Fsp3) is 0.150. The van der Waals surface area contributed by atoms with E-state index < -0.39 is 15.9 Å². The van der Waals surface area contributed by atoms with Gasteiger partial charge in [-0.15, -0.1) is 0 Å². The summed E-state index contributed by atoms with van der Waals surface area (Å²) >= 11 is 6.11. The molecule has 1 amide bonds. The number of hydrogen-bond acceptors (Lipinski definition) is 4. The van der Waals surface area contributed by atoms with Gasteiger partial charge in [0.1, 0.15) is 5.76 Å². The SMILES string of the molecule is Cc1cccc(NS(=O)(=O)c2ccc(Cl)c(C(=O)NCCc3ccco3)c2)c1. The highest BCUT2D eigenvalue weighted by Crippen LogP contribution is 2.23. The second-order valence-electron chi connectivity index (χ2n) is 6.20. The Hall–Kier alpha value is -2.77. The van der Waals surface area contributed by atoms with Gasteiger partial charge in [0.25, 0.3) is 15.9 Å². The maximum atomic E-state index is 12.7. The van der Waals surface area contributed by atoms with Crippen molar-refractivity contribution in [1.29, 1.82) is 0 Å². The quantitative estimate of drug-likeness (QED) is 0.606. The van der Waals surface area contributed by atoms with Gasteiger partial charge >= 0.3 is 0 Å². The third-order valence-electron chi connectivity index (χ3n) is 4.00. The van der Waals surface area contributed by atoms with Crippen LogP contribution in [0.1, 0.15) is 21.7 Å². The van der Waals surface area contributed by atoms with Crippen molar-refractivity contribution in [2.75, 3.05) is 11.3 Å². The van der Waals surface area contributed by atoms with E-state index in [0.717, 1.165) is 11.3 Å². The molecule has 1 heterocycles. The van der Waals surface area contributed by atoms with Crippen LogP contribution in [0.4, 0.5) is 5.69 Å². The van der Waals surface area contributed by atoms with Crippen LogP contribution in [-0.2, 0) is 16.4 Å². The molecule has 28 heavy (non-hydrogen) atoms. The Morgan fingerprint density at radius 3 is 2.64 bits per heavy atom. The fourth-order valence-corrected chi connectivity index (χ4v) is 3.90. The maximum Gasteiger partial charge on any atom is 0.261 e. The zero-order valence-corrected chi connectivity index (χ0v) is 16.7. The zero-order valence-electron chi connectivity index (χ0n) is 15.1. The Labute approximate surface area is 168 Å². The van der Waals surface area contributed by atoms with Crippen LogP contribution in [0.3, 0.4) is 0 Å². The van der Waals surface area contributed by atoms with Crippen LogP contribution in [0.5, 0.6) is 0 Å². The molecule has 0 atom stereocenters. The highest BCUT2D eigenvalue weighted by molar-refractivity contribution is 7.92. The van der Waals surface area contributed by atoms with Crippen LogP contribution in [0.25, 0.3) is 0 Å². The molecule has 0 unspecified atom stereocenters. The molecule has 0 aliphatic rings. The Bertz CT molecular complexity index is 1080. The van der Waals surface area contributed by atoms with Crippen LogP contribution in [0.2, 0.25) is 5.02 Å². The Kier molecular flexibility index (Phi) is 6.06. The van der Waals surface area contributed by atoms with E-state index in [1.54, 1.807) is 30.5 Å². The maximum absolute atomic E-state index is 12.7. The van der Waals surface area contributed by atoms with Crippen LogP contribution in [0, 0.1) is 6.92 Å². The normalized spacial score (nSPS) is 11.2. The number of amides is 1. The van der Waals surface area contributed by atoms with Crippen molar-refractivity contribution in [2.24, 2.45) is 0 Å². The van der Waals surface area contributed by atoms with Crippen LogP contribution < -0.4 is 10.0 Å². The average molecular weight is 419 g/mol. The van der Waals surface area contributed by atoms with Gasteiger partial charge in [0.15, 0.2) is 0 Å². The van der Waals surface area contributed by atoms with Gasteiger partial charge < -0.3 is 9.73 Å². The van der Waals surface area contributed by atoms with E-state index >= 15 is 0 Å². The Morgan fingerprint density at radius 1 is 1.11 bits per heavy atom. The van der Waals surface area contributed by atoms with Gasteiger partial charge in [-0.1, -0.05) is 23.7 Å². The van der Waals surface area contributed by atoms with E-state index in [1.807, 2.05) is 19.1 Å². The van der Waals surface area contributed by atoms with E-state index in [1.165, 1.54) is 18.2 Å². The van der Waals surface area contributed by atoms with Crippen LogP contribution in [0.15, 0.2) is 70.2 Å². The molecule has 2 aromatic carbocycles. The smallest absolute Gasteiger partial charge is 0.261 e. The van der Waals surface area contributed by atoms with Gasteiger partial charge in [0.2, 0.25) is 0 Å². The highest BCUT2D eigenvalue weighted by Gasteiger charge is 2.19. The lowest BCUT2D eigenvalue weighted by molar-refractivity contribution is 0.0953. The summed E-state index contributed by atoms with van der Waals surface area (Å²) in [5, 5.41) is 2.89. The second-order valence-corrected chi connectivity index (χ2v) is 8.29. The lowest BCUT2D eigenvalue weighted by atomic mass is 10.2. The summed E-state index contributed by atoms with van der Waals surface area (Å²) in [7, 11) is -3.86. The standard InChI is InChI=1S/C20H19ClN2O4S/c1-14-4-2-5-15(12-14)23-28(25,26)17-7-8-19(21)18(13-17)20(24)22-10-9-16-6-3-11-27-16/h2-8,11-13,23H,9-10H2,1H3,(H,22,24). The lowest BCUT2D eigenvalue weighted by Crippen LogP contribution is -2.26. The van der Waals surface area contributed by atoms with Crippen molar-refractivity contribution >= 4 is 33.2 Å². The van der Waals surface area contributed by atoms with Gasteiger partial charge in [-0.05, 0) is 55.0 Å². The Morgan fingerprint density at radius 2 is 1.93 bits per heavy atom. The van der Waals surface area contributed by atoms with Crippen molar-refractivity contribution in [3.8, 4) is 0 Å². The largest absolute Gasteiger partial charge is 0.469 e. The molecule has 0 bridgehead atoms. The summed E-state index contributed by atoms with van der Waals surface area (Å²) in [4.78, 5) is 12.4. The second kappa shape index (κ2) is 8.50. The monoisotopic (exact) mass is 418 g/mol. The summed E-state index contributed by atoms with van der Waals surface area (Å²) in [5.41, 5.74) is 1.46. The molecule has 146 valence electrons. The molecule has 0 aliphatic carbocycles. The molecule has 8 heteroatoms.